The fraction of sp³-hybridized carbons (Fsp3) is 0. The summed E-state index contributed by atoms with van der Waals surface area (Å²) in [6, 6.07) is 50.8. The normalized spacial score (nSPS) is 11.7. The van der Waals surface area contributed by atoms with Crippen LogP contribution in [0.15, 0.2) is 150 Å². The largest absolute Gasteiger partial charge is 0.455 e. The summed E-state index contributed by atoms with van der Waals surface area (Å²) >= 11 is 0. The van der Waals surface area contributed by atoms with Gasteiger partial charge in [0.2, 0.25) is 0 Å². The summed E-state index contributed by atoms with van der Waals surface area (Å²) in [6.07, 6.45) is 0. The molecule has 0 unspecified atom stereocenters. The highest BCUT2D eigenvalue weighted by Gasteiger charge is 2.19. The summed E-state index contributed by atoms with van der Waals surface area (Å²) in [7, 11) is 0. The minimum atomic E-state index is 0.692. The lowest BCUT2D eigenvalue weighted by Crippen LogP contribution is -1.96. The van der Waals surface area contributed by atoms with Crippen LogP contribution < -0.4 is 0 Å². The molecule has 0 saturated carbocycles. The monoisotopic (exact) mass is 548 g/mol. The van der Waals surface area contributed by atoms with Gasteiger partial charge in [0.05, 0.1) is 16.6 Å². The van der Waals surface area contributed by atoms with Crippen molar-refractivity contribution in [1.29, 1.82) is 0 Å². The second kappa shape index (κ2) is 9.37. The van der Waals surface area contributed by atoms with Gasteiger partial charge in [-0.25, -0.2) is 9.97 Å². The van der Waals surface area contributed by atoms with E-state index < -0.39 is 0 Å². The average molecular weight is 549 g/mol. The Morgan fingerprint density at radius 3 is 1.91 bits per heavy atom. The van der Waals surface area contributed by atoms with Crippen molar-refractivity contribution in [3.8, 4) is 33.8 Å². The molecule has 0 aliphatic carbocycles. The number of benzene rings is 7. The van der Waals surface area contributed by atoms with Crippen molar-refractivity contribution in [2.45, 2.75) is 0 Å². The lowest BCUT2D eigenvalue weighted by Gasteiger charge is -2.12. The predicted molar refractivity (Wildman–Crippen MR) is 178 cm³/mol. The molecular weight excluding hydrogens is 524 g/mol. The van der Waals surface area contributed by atoms with E-state index in [1.807, 2.05) is 6.07 Å². The van der Waals surface area contributed by atoms with Crippen molar-refractivity contribution < 1.29 is 4.42 Å². The van der Waals surface area contributed by atoms with Crippen LogP contribution in [0.4, 0.5) is 0 Å². The number of rotatable bonds is 3. The van der Waals surface area contributed by atoms with Gasteiger partial charge in [0.25, 0.3) is 0 Å². The van der Waals surface area contributed by atoms with E-state index >= 15 is 0 Å². The van der Waals surface area contributed by atoms with Crippen molar-refractivity contribution >= 4 is 54.4 Å². The van der Waals surface area contributed by atoms with Gasteiger partial charge in [-0.05, 0) is 45.5 Å². The molecule has 0 spiro atoms. The van der Waals surface area contributed by atoms with E-state index in [9.17, 15) is 0 Å². The number of fused-ring (bicyclic) bond motifs is 8. The third kappa shape index (κ3) is 3.75. The molecule has 2 aromatic heterocycles. The molecule has 9 aromatic rings. The summed E-state index contributed by atoms with van der Waals surface area (Å²) in [5, 5.41) is 7.69. The predicted octanol–water partition coefficient (Wildman–Crippen LogP) is 10.8. The van der Waals surface area contributed by atoms with Crippen LogP contribution >= 0.6 is 0 Å². The fourth-order valence-corrected chi connectivity index (χ4v) is 6.39. The van der Waals surface area contributed by atoms with Gasteiger partial charge >= 0.3 is 0 Å². The molecule has 3 heteroatoms. The minimum absolute atomic E-state index is 0.692. The molecule has 0 amide bonds. The van der Waals surface area contributed by atoms with Gasteiger partial charge in [-0.15, -0.1) is 0 Å². The Hall–Kier alpha value is -5.80. The Bertz CT molecular complexity index is 2490. The molecule has 200 valence electrons. The zero-order chi connectivity index (χ0) is 28.3. The molecule has 43 heavy (non-hydrogen) atoms. The average Bonchev–Trinajstić information content (AvgIpc) is 3.48. The molecule has 9 rings (SSSR count). The fourth-order valence-electron chi connectivity index (χ4n) is 6.39. The molecule has 0 fully saturated rings. The first-order valence-corrected chi connectivity index (χ1v) is 14.5. The Kier molecular flexibility index (Phi) is 5.20. The standard InChI is InChI=1S/C40H24N2O/c1-2-9-25(10-3-1)26-17-19-29(20-18-26)40-41-37(32-16-8-13-27-11-4-6-14-30(27)32)34-23-24-35-36(38(34)42-40)33-22-21-28-12-5-7-15-31(28)39(33)43-35/h1-24H. The second-order valence-corrected chi connectivity index (χ2v) is 11.0. The van der Waals surface area contributed by atoms with Crippen molar-refractivity contribution in [2.75, 3.05) is 0 Å². The van der Waals surface area contributed by atoms with E-state index in [0.717, 1.165) is 66.0 Å². The van der Waals surface area contributed by atoms with Crippen LogP contribution in [-0.4, -0.2) is 9.97 Å². The molecule has 7 aromatic carbocycles. The van der Waals surface area contributed by atoms with Crippen LogP contribution in [-0.2, 0) is 0 Å². The highest BCUT2D eigenvalue weighted by Crippen LogP contribution is 2.41. The highest BCUT2D eigenvalue weighted by molar-refractivity contribution is 6.23. The summed E-state index contributed by atoms with van der Waals surface area (Å²) in [6.45, 7) is 0. The van der Waals surface area contributed by atoms with E-state index in [-0.39, 0.29) is 0 Å². The Morgan fingerprint density at radius 1 is 0.419 bits per heavy atom. The summed E-state index contributed by atoms with van der Waals surface area (Å²) < 4.78 is 6.54. The Labute approximate surface area is 247 Å². The number of nitrogens with zero attached hydrogens (tertiary/aromatic N) is 2. The van der Waals surface area contributed by atoms with Gasteiger partial charge in [-0.2, -0.15) is 0 Å². The second-order valence-electron chi connectivity index (χ2n) is 11.0. The Morgan fingerprint density at radius 2 is 1.07 bits per heavy atom. The molecule has 0 N–H and O–H groups in total. The number of hydrogen-bond acceptors (Lipinski definition) is 3. The molecule has 2 heterocycles. The van der Waals surface area contributed by atoms with Gasteiger partial charge in [0, 0.05) is 27.3 Å². The SMILES string of the molecule is c1ccc(-c2ccc(-c3nc(-c4cccc5ccccc45)c4ccc5oc6c7ccccc7ccc6c5c4n3)cc2)cc1. The first-order valence-electron chi connectivity index (χ1n) is 14.5. The molecule has 0 aliphatic heterocycles. The molecule has 0 aliphatic rings. The first-order chi connectivity index (χ1) is 21.3. The number of furan rings is 1. The lowest BCUT2D eigenvalue weighted by molar-refractivity contribution is 0.673. The van der Waals surface area contributed by atoms with E-state index in [0.29, 0.717) is 5.82 Å². The third-order valence-electron chi connectivity index (χ3n) is 8.49. The van der Waals surface area contributed by atoms with Crippen molar-refractivity contribution in [3.05, 3.63) is 146 Å². The molecule has 0 saturated heterocycles. The van der Waals surface area contributed by atoms with Crippen LogP contribution in [0.1, 0.15) is 0 Å². The smallest absolute Gasteiger partial charge is 0.160 e. The summed E-state index contributed by atoms with van der Waals surface area (Å²) in [5.74, 6) is 0.692. The maximum Gasteiger partial charge on any atom is 0.160 e. The van der Waals surface area contributed by atoms with E-state index in [1.54, 1.807) is 0 Å². The molecule has 3 nitrogen and oxygen atoms in total. The van der Waals surface area contributed by atoms with Gasteiger partial charge in [0.1, 0.15) is 11.2 Å². The van der Waals surface area contributed by atoms with Gasteiger partial charge in [-0.3, -0.25) is 0 Å². The van der Waals surface area contributed by atoms with Crippen molar-refractivity contribution in [2.24, 2.45) is 0 Å². The quantitative estimate of drug-likeness (QED) is 0.220. The molecule has 0 bridgehead atoms. The zero-order valence-electron chi connectivity index (χ0n) is 23.2. The minimum Gasteiger partial charge on any atom is -0.455 e. The van der Waals surface area contributed by atoms with Gasteiger partial charge in [0.15, 0.2) is 5.82 Å². The maximum absolute atomic E-state index is 6.54. The first kappa shape index (κ1) is 23.9. The number of aromatic nitrogens is 2. The van der Waals surface area contributed by atoms with Crippen LogP contribution in [0, 0.1) is 0 Å². The van der Waals surface area contributed by atoms with Gasteiger partial charge < -0.3 is 4.42 Å². The number of hydrogen-bond donors (Lipinski definition) is 0. The van der Waals surface area contributed by atoms with Crippen LogP contribution in [0.25, 0.3) is 88.2 Å². The summed E-state index contributed by atoms with van der Waals surface area (Å²) in [5.41, 5.74) is 7.93. The highest BCUT2D eigenvalue weighted by atomic mass is 16.3. The topological polar surface area (TPSA) is 38.9 Å². The van der Waals surface area contributed by atoms with E-state index in [2.05, 4.69) is 140 Å². The molecule has 0 radical (unpaired) electrons. The van der Waals surface area contributed by atoms with Crippen LogP contribution in [0.2, 0.25) is 0 Å². The van der Waals surface area contributed by atoms with Crippen LogP contribution in [0.3, 0.4) is 0 Å². The van der Waals surface area contributed by atoms with Gasteiger partial charge in [-0.1, -0.05) is 127 Å². The van der Waals surface area contributed by atoms with E-state index in [4.69, 9.17) is 14.4 Å². The van der Waals surface area contributed by atoms with Crippen molar-refractivity contribution in [1.82, 2.24) is 9.97 Å². The van der Waals surface area contributed by atoms with E-state index in [1.165, 1.54) is 16.3 Å². The third-order valence-corrected chi connectivity index (χ3v) is 8.49. The molecule has 0 atom stereocenters. The Balaban J connectivity index is 1.36. The molecular formula is C40H24N2O. The van der Waals surface area contributed by atoms with Crippen LogP contribution in [0.5, 0.6) is 0 Å². The van der Waals surface area contributed by atoms with Crippen molar-refractivity contribution in [3.63, 3.8) is 0 Å². The maximum atomic E-state index is 6.54. The zero-order valence-corrected chi connectivity index (χ0v) is 23.2. The summed E-state index contributed by atoms with van der Waals surface area (Å²) in [4.78, 5) is 10.5. The lowest BCUT2D eigenvalue weighted by atomic mass is 9.97.